The van der Waals surface area contributed by atoms with Crippen LogP contribution >= 0.6 is 0 Å². The molecule has 1 amide bonds. The molecule has 0 unspecified atom stereocenters. The van der Waals surface area contributed by atoms with Crippen molar-refractivity contribution in [3.05, 3.63) is 64.9 Å². The summed E-state index contributed by atoms with van der Waals surface area (Å²) in [6.07, 6.45) is 0. The van der Waals surface area contributed by atoms with Gasteiger partial charge < -0.3 is 19.2 Å². The smallest absolute Gasteiger partial charge is 0.337 e. The van der Waals surface area contributed by atoms with Crippen LogP contribution in [0.25, 0.3) is 11.0 Å². The molecule has 1 N–H and O–H groups in total. The Hall–Kier alpha value is -3.12. The number of hydrogen-bond donors (Lipinski definition) is 1. The van der Waals surface area contributed by atoms with Gasteiger partial charge in [0.15, 0.2) is 5.76 Å². The highest BCUT2D eigenvalue weighted by Gasteiger charge is 2.21. The molecule has 1 heterocycles. The van der Waals surface area contributed by atoms with Crippen molar-refractivity contribution in [3.8, 4) is 0 Å². The Morgan fingerprint density at radius 3 is 2.62 bits per heavy atom. The van der Waals surface area contributed by atoms with Crippen molar-refractivity contribution < 1.29 is 23.5 Å². The molecule has 0 saturated heterocycles. The third-order valence-corrected chi connectivity index (χ3v) is 4.10. The predicted octanol–water partition coefficient (Wildman–Crippen LogP) is 3.93. The van der Waals surface area contributed by atoms with Gasteiger partial charge >= 0.3 is 5.97 Å². The molecule has 0 fully saturated rings. The largest absolute Gasteiger partial charge is 0.465 e. The second-order valence-corrected chi connectivity index (χ2v) is 5.81. The maximum absolute atomic E-state index is 12.8. The van der Waals surface area contributed by atoms with Crippen LogP contribution in [-0.2, 0) is 16.1 Å². The number of methoxy groups -OCH3 is 2. The number of rotatable bonds is 5. The Morgan fingerprint density at radius 1 is 1.12 bits per heavy atom. The van der Waals surface area contributed by atoms with E-state index < -0.39 is 11.9 Å². The summed E-state index contributed by atoms with van der Waals surface area (Å²) in [5.41, 5.74) is 2.99. The van der Waals surface area contributed by atoms with Gasteiger partial charge in [-0.2, -0.15) is 0 Å². The second-order valence-electron chi connectivity index (χ2n) is 5.81. The zero-order valence-electron chi connectivity index (χ0n) is 14.8. The molecule has 3 aromatic rings. The summed E-state index contributed by atoms with van der Waals surface area (Å²) in [5.74, 6) is -0.682. The molecular weight excluding hydrogens is 334 g/mol. The number of hydrogen-bond acceptors (Lipinski definition) is 5. The summed E-state index contributed by atoms with van der Waals surface area (Å²) in [7, 11) is 2.87. The van der Waals surface area contributed by atoms with Crippen LogP contribution in [0.15, 0.2) is 46.9 Å². The fourth-order valence-corrected chi connectivity index (χ4v) is 2.75. The molecular formula is C20H19NO5. The van der Waals surface area contributed by atoms with E-state index in [0.717, 1.165) is 10.9 Å². The maximum atomic E-state index is 12.8. The van der Waals surface area contributed by atoms with E-state index in [2.05, 4.69) is 5.32 Å². The van der Waals surface area contributed by atoms with Gasteiger partial charge in [-0.15, -0.1) is 0 Å². The van der Waals surface area contributed by atoms with E-state index in [4.69, 9.17) is 13.9 Å². The average Bonchev–Trinajstić information content (AvgIpc) is 3.02. The van der Waals surface area contributed by atoms with E-state index in [0.29, 0.717) is 22.4 Å². The highest BCUT2D eigenvalue weighted by molar-refractivity contribution is 6.07. The Labute approximate surface area is 150 Å². The highest BCUT2D eigenvalue weighted by atomic mass is 16.5. The molecule has 0 spiro atoms. The Kier molecular flexibility index (Phi) is 5.04. The molecule has 2 aromatic carbocycles. The number of carbonyl (C=O) groups excluding carboxylic acids is 2. The van der Waals surface area contributed by atoms with Gasteiger partial charge in [0.05, 0.1) is 19.3 Å². The maximum Gasteiger partial charge on any atom is 0.337 e. The van der Waals surface area contributed by atoms with E-state index in [-0.39, 0.29) is 12.4 Å². The summed E-state index contributed by atoms with van der Waals surface area (Å²) >= 11 is 0. The number of furan rings is 1. The average molecular weight is 353 g/mol. The third kappa shape index (κ3) is 3.32. The first kappa shape index (κ1) is 17.7. The van der Waals surface area contributed by atoms with Crippen LogP contribution in [0.3, 0.4) is 0 Å². The fourth-order valence-electron chi connectivity index (χ4n) is 2.75. The van der Waals surface area contributed by atoms with Crippen LogP contribution < -0.4 is 5.32 Å². The number of anilines is 1. The highest BCUT2D eigenvalue weighted by Crippen LogP contribution is 2.28. The van der Waals surface area contributed by atoms with Crippen LogP contribution in [0, 0.1) is 6.92 Å². The third-order valence-electron chi connectivity index (χ3n) is 4.10. The number of carbonyl (C=O) groups is 2. The van der Waals surface area contributed by atoms with E-state index >= 15 is 0 Å². The molecule has 0 aliphatic heterocycles. The van der Waals surface area contributed by atoms with Crippen LogP contribution in [0.5, 0.6) is 0 Å². The van der Waals surface area contributed by atoms with Gasteiger partial charge in [0.2, 0.25) is 0 Å². The first-order valence-corrected chi connectivity index (χ1v) is 8.04. The molecule has 0 bridgehead atoms. The molecule has 0 aliphatic carbocycles. The summed E-state index contributed by atoms with van der Waals surface area (Å²) in [6.45, 7) is 2.09. The molecule has 6 nitrogen and oxygen atoms in total. The number of ether oxygens (including phenoxy) is 2. The summed E-state index contributed by atoms with van der Waals surface area (Å²) in [5, 5.41) is 3.64. The van der Waals surface area contributed by atoms with Crippen molar-refractivity contribution in [2.24, 2.45) is 0 Å². The molecule has 1 aromatic heterocycles. The molecule has 0 atom stereocenters. The first-order chi connectivity index (χ1) is 12.5. The van der Waals surface area contributed by atoms with Crippen LogP contribution in [0.1, 0.15) is 32.0 Å². The van der Waals surface area contributed by atoms with E-state index in [1.807, 2.05) is 25.1 Å². The zero-order chi connectivity index (χ0) is 18.7. The van der Waals surface area contributed by atoms with Crippen molar-refractivity contribution in [3.63, 3.8) is 0 Å². The summed E-state index contributed by atoms with van der Waals surface area (Å²) in [4.78, 5) is 24.5. The lowest BCUT2D eigenvalue weighted by atomic mass is 10.1. The molecule has 134 valence electrons. The number of amides is 1. The minimum absolute atomic E-state index is 0.191. The van der Waals surface area contributed by atoms with E-state index in [1.54, 1.807) is 31.4 Å². The van der Waals surface area contributed by atoms with Gasteiger partial charge in [0.25, 0.3) is 5.91 Å². The van der Waals surface area contributed by atoms with Crippen LogP contribution in [0.2, 0.25) is 0 Å². The second kappa shape index (κ2) is 7.41. The monoisotopic (exact) mass is 353 g/mol. The van der Waals surface area contributed by atoms with Gasteiger partial charge in [-0.3, -0.25) is 4.79 Å². The quantitative estimate of drug-likeness (QED) is 0.703. The standard InChI is InChI=1S/C20H19NO5/c1-12-8-9-13(20(23)25-3)10-16(12)21-19(22)18-15(11-24-2)14-6-4-5-7-17(14)26-18/h4-10H,11H2,1-3H3,(H,21,22). The zero-order valence-corrected chi connectivity index (χ0v) is 14.8. The molecule has 6 heteroatoms. The number of fused-ring (bicyclic) bond motifs is 1. The van der Waals surface area contributed by atoms with Gasteiger partial charge in [0.1, 0.15) is 5.58 Å². The van der Waals surface area contributed by atoms with E-state index in [1.165, 1.54) is 7.11 Å². The van der Waals surface area contributed by atoms with Gasteiger partial charge in [-0.1, -0.05) is 24.3 Å². The van der Waals surface area contributed by atoms with Crippen molar-refractivity contribution in [2.45, 2.75) is 13.5 Å². The number of nitrogens with one attached hydrogen (secondary N) is 1. The number of benzene rings is 2. The lowest BCUT2D eigenvalue weighted by Crippen LogP contribution is -2.15. The number of esters is 1. The lowest BCUT2D eigenvalue weighted by molar-refractivity contribution is 0.0600. The number of aryl methyl sites for hydroxylation is 1. The van der Waals surface area contributed by atoms with Crippen molar-refractivity contribution in [1.82, 2.24) is 0 Å². The van der Waals surface area contributed by atoms with E-state index in [9.17, 15) is 9.59 Å². The fraction of sp³-hybridized carbons (Fsp3) is 0.200. The topological polar surface area (TPSA) is 77.8 Å². The molecule has 26 heavy (non-hydrogen) atoms. The van der Waals surface area contributed by atoms with Crippen LogP contribution in [0.4, 0.5) is 5.69 Å². The Morgan fingerprint density at radius 2 is 1.88 bits per heavy atom. The Bertz CT molecular complexity index is 973. The summed E-state index contributed by atoms with van der Waals surface area (Å²) < 4.78 is 15.7. The minimum atomic E-state index is -0.468. The minimum Gasteiger partial charge on any atom is -0.465 e. The number of para-hydroxylation sites is 1. The summed E-state index contributed by atoms with van der Waals surface area (Å²) in [6, 6.07) is 12.4. The predicted molar refractivity (Wildman–Crippen MR) is 97.4 cm³/mol. The van der Waals surface area contributed by atoms with Crippen LogP contribution in [-0.4, -0.2) is 26.1 Å². The van der Waals surface area contributed by atoms with Gasteiger partial charge in [-0.05, 0) is 30.7 Å². The van der Waals surface area contributed by atoms with Crippen molar-refractivity contribution in [1.29, 1.82) is 0 Å². The van der Waals surface area contributed by atoms with Crippen molar-refractivity contribution >= 4 is 28.5 Å². The molecule has 3 rings (SSSR count). The van der Waals surface area contributed by atoms with Gasteiger partial charge in [-0.25, -0.2) is 4.79 Å². The van der Waals surface area contributed by atoms with Gasteiger partial charge in [0, 0.05) is 23.7 Å². The van der Waals surface area contributed by atoms with Crippen molar-refractivity contribution in [2.75, 3.05) is 19.5 Å². The molecule has 0 radical (unpaired) electrons. The Balaban J connectivity index is 1.97. The SMILES string of the molecule is COCc1c(C(=O)Nc2cc(C(=O)OC)ccc2C)oc2ccccc12. The molecule has 0 saturated carbocycles. The molecule has 0 aliphatic rings. The first-order valence-electron chi connectivity index (χ1n) is 8.04. The normalized spacial score (nSPS) is 10.7. The lowest BCUT2D eigenvalue weighted by Gasteiger charge is -2.10.